The Bertz CT molecular complexity index is 994. The number of carbonyl (C=O) groups excluding carboxylic acids is 2. The summed E-state index contributed by atoms with van der Waals surface area (Å²) < 4.78 is 0.729. The van der Waals surface area contributed by atoms with Crippen molar-refractivity contribution in [2.24, 2.45) is 0 Å². The zero-order valence-electron chi connectivity index (χ0n) is 12.5. The Hall–Kier alpha value is -2.72. The van der Waals surface area contributed by atoms with Crippen molar-refractivity contribution in [1.29, 1.82) is 0 Å². The molecule has 1 N–H and O–H groups in total. The predicted molar refractivity (Wildman–Crippen MR) is 97.4 cm³/mol. The first kappa shape index (κ1) is 14.8. The van der Waals surface area contributed by atoms with Crippen LogP contribution in [0.25, 0.3) is 11.1 Å². The molecule has 4 rings (SSSR count). The van der Waals surface area contributed by atoms with Gasteiger partial charge in [-0.05, 0) is 51.3 Å². The van der Waals surface area contributed by atoms with Gasteiger partial charge in [-0.15, -0.1) is 0 Å². The summed E-state index contributed by atoms with van der Waals surface area (Å²) in [6.45, 7) is 0. The monoisotopic (exact) mass is 377 g/mol. The number of nitrogens with one attached hydrogen (secondary N) is 1. The minimum absolute atomic E-state index is 0.00223. The van der Waals surface area contributed by atoms with E-state index >= 15 is 0 Å². The summed E-state index contributed by atoms with van der Waals surface area (Å²) in [6, 6.07) is 20.2. The lowest BCUT2D eigenvalue weighted by Gasteiger charge is -2.08. The van der Waals surface area contributed by atoms with Crippen molar-refractivity contribution in [1.82, 2.24) is 0 Å². The molecule has 0 heterocycles. The second-order valence-electron chi connectivity index (χ2n) is 5.57. The average molecular weight is 378 g/mol. The Labute approximate surface area is 147 Å². The molecule has 0 atom stereocenters. The topological polar surface area (TPSA) is 46.2 Å². The van der Waals surface area contributed by atoms with Gasteiger partial charge in [0.05, 0.1) is 5.56 Å². The highest BCUT2D eigenvalue weighted by Gasteiger charge is 2.26. The molecular formula is C20H12BrNO2. The van der Waals surface area contributed by atoms with E-state index in [4.69, 9.17) is 0 Å². The van der Waals surface area contributed by atoms with Crippen LogP contribution in [0.5, 0.6) is 0 Å². The first-order chi connectivity index (χ1) is 11.6. The van der Waals surface area contributed by atoms with E-state index in [2.05, 4.69) is 21.2 Å². The summed E-state index contributed by atoms with van der Waals surface area (Å²) in [5.41, 5.74) is 4.35. The van der Waals surface area contributed by atoms with Gasteiger partial charge in [-0.25, -0.2) is 0 Å². The SMILES string of the molecule is O=C(Nc1ccc2c(c1)C(=O)c1ccccc1-2)c1ccccc1Br. The van der Waals surface area contributed by atoms with Crippen LogP contribution in [-0.4, -0.2) is 11.7 Å². The zero-order valence-corrected chi connectivity index (χ0v) is 14.1. The number of fused-ring (bicyclic) bond motifs is 3. The number of rotatable bonds is 2. The molecule has 24 heavy (non-hydrogen) atoms. The van der Waals surface area contributed by atoms with E-state index in [1.165, 1.54) is 0 Å². The van der Waals surface area contributed by atoms with Crippen LogP contribution >= 0.6 is 15.9 Å². The van der Waals surface area contributed by atoms with Gasteiger partial charge in [-0.1, -0.05) is 42.5 Å². The normalized spacial score (nSPS) is 11.8. The fourth-order valence-corrected chi connectivity index (χ4v) is 3.41. The van der Waals surface area contributed by atoms with Crippen molar-refractivity contribution in [2.45, 2.75) is 0 Å². The molecule has 1 amide bonds. The Morgan fingerprint density at radius 2 is 1.46 bits per heavy atom. The van der Waals surface area contributed by atoms with Gasteiger partial charge in [0, 0.05) is 21.3 Å². The molecule has 1 aliphatic rings. The first-order valence-corrected chi connectivity index (χ1v) is 8.28. The average Bonchev–Trinajstić information content (AvgIpc) is 2.88. The van der Waals surface area contributed by atoms with Crippen molar-refractivity contribution in [2.75, 3.05) is 5.32 Å². The predicted octanol–water partition coefficient (Wildman–Crippen LogP) is 4.91. The number of ketones is 1. The van der Waals surface area contributed by atoms with Crippen molar-refractivity contribution in [3.63, 3.8) is 0 Å². The van der Waals surface area contributed by atoms with Crippen molar-refractivity contribution < 1.29 is 9.59 Å². The Balaban J connectivity index is 1.67. The number of benzene rings is 3. The van der Waals surface area contributed by atoms with E-state index in [1.54, 1.807) is 12.1 Å². The number of anilines is 1. The van der Waals surface area contributed by atoms with Gasteiger partial charge in [0.1, 0.15) is 0 Å². The van der Waals surface area contributed by atoms with Crippen LogP contribution in [0.15, 0.2) is 71.2 Å². The molecule has 0 saturated carbocycles. The molecule has 3 aromatic rings. The molecule has 3 aromatic carbocycles. The van der Waals surface area contributed by atoms with Crippen LogP contribution in [0.2, 0.25) is 0 Å². The van der Waals surface area contributed by atoms with E-state index in [1.807, 2.05) is 54.6 Å². The van der Waals surface area contributed by atoms with Gasteiger partial charge < -0.3 is 5.32 Å². The minimum atomic E-state index is -0.217. The van der Waals surface area contributed by atoms with Crippen molar-refractivity contribution >= 4 is 33.3 Å². The second kappa shape index (κ2) is 5.73. The fraction of sp³-hybridized carbons (Fsp3) is 0. The summed E-state index contributed by atoms with van der Waals surface area (Å²) in [7, 11) is 0. The van der Waals surface area contributed by atoms with Gasteiger partial charge in [-0.2, -0.15) is 0 Å². The summed E-state index contributed by atoms with van der Waals surface area (Å²) in [5.74, 6) is -0.219. The van der Waals surface area contributed by atoms with Crippen LogP contribution in [0, 0.1) is 0 Å². The minimum Gasteiger partial charge on any atom is -0.322 e. The molecule has 1 aliphatic carbocycles. The van der Waals surface area contributed by atoms with Crippen molar-refractivity contribution in [3.8, 4) is 11.1 Å². The lowest BCUT2D eigenvalue weighted by molar-refractivity contribution is 0.102. The van der Waals surface area contributed by atoms with Crippen LogP contribution in [0.4, 0.5) is 5.69 Å². The third kappa shape index (κ3) is 2.36. The third-order valence-electron chi connectivity index (χ3n) is 4.10. The molecule has 0 fully saturated rings. The molecule has 3 nitrogen and oxygen atoms in total. The Morgan fingerprint density at radius 1 is 0.792 bits per heavy atom. The van der Waals surface area contributed by atoms with Crippen LogP contribution < -0.4 is 5.32 Å². The largest absolute Gasteiger partial charge is 0.322 e. The van der Waals surface area contributed by atoms with Gasteiger partial charge in [0.25, 0.3) is 5.91 Å². The number of hydrogen-bond acceptors (Lipinski definition) is 2. The third-order valence-corrected chi connectivity index (χ3v) is 4.79. The molecule has 0 aromatic heterocycles. The first-order valence-electron chi connectivity index (χ1n) is 7.49. The maximum Gasteiger partial charge on any atom is 0.256 e. The highest BCUT2D eigenvalue weighted by atomic mass is 79.9. The number of carbonyl (C=O) groups is 2. The number of hydrogen-bond donors (Lipinski definition) is 1. The second-order valence-corrected chi connectivity index (χ2v) is 6.42. The standard InChI is InChI=1S/C20H12BrNO2/c21-18-8-4-3-7-16(18)20(24)22-12-9-10-14-13-5-1-2-6-15(13)19(23)17(14)11-12/h1-11H,(H,22,24). The highest BCUT2D eigenvalue weighted by molar-refractivity contribution is 9.10. The summed E-state index contributed by atoms with van der Waals surface area (Å²) >= 11 is 3.37. The molecule has 0 spiro atoms. The van der Waals surface area contributed by atoms with Crippen LogP contribution in [-0.2, 0) is 0 Å². The highest BCUT2D eigenvalue weighted by Crippen LogP contribution is 2.37. The van der Waals surface area contributed by atoms with E-state index in [9.17, 15) is 9.59 Å². The zero-order chi connectivity index (χ0) is 16.7. The lowest BCUT2D eigenvalue weighted by atomic mass is 10.1. The van der Waals surface area contributed by atoms with Crippen LogP contribution in [0.1, 0.15) is 26.3 Å². The summed E-state index contributed by atoms with van der Waals surface area (Å²) in [5, 5.41) is 2.85. The van der Waals surface area contributed by atoms with E-state index in [0.717, 1.165) is 15.6 Å². The molecule has 0 aliphatic heterocycles. The van der Waals surface area contributed by atoms with E-state index in [0.29, 0.717) is 22.4 Å². The fourth-order valence-electron chi connectivity index (χ4n) is 2.95. The smallest absolute Gasteiger partial charge is 0.256 e. The molecule has 0 saturated heterocycles. The van der Waals surface area contributed by atoms with Crippen LogP contribution in [0.3, 0.4) is 0 Å². The molecule has 0 unspecified atom stereocenters. The summed E-state index contributed by atoms with van der Waals surface area (Å²) in [4.78, 5) is 24.9. The molecule has 116 valence electrons. The molecular weight excluding hydrogens is 366 g/mol. The van der Waals surface area contributed by atoms with Gasteiger partial charge in [0.15, 0.2) is 5.78 Å². The van der Waals surface area contributed by atoms with Gasteiger partial charge in [0.2, 0.25) is 0 Å². The molecule has 4 heteroatoms. The maximum atomic E-state index is 12.5. The lowest BCUT2D eigenvalue weighted by Crippen LogP contribution is -2.12. The maximum absolute atomic E-state index is 12.5. The van der Waals surface area contributed by atoms with Gasteiger partial charge >= 0.3 is 0 Å². The van der Waals surface area contributed by atoms with E-state index < -0.39 is 0 Å². The Morgan fingerprint density at radius 3 is 2.25 bits per heavy atom. The van der Waals surface area contributed by atoms with Crippen molar-refractivity contribution in [3.05, 3.63) is 87.9 Å². The molecule has 0 bridgehead atoms. The van der Waals surface area contributed by atoms with Gasteiger partial charge in [-0.3, -0.25) is 9.59 Å². The number of amides is 1. The molecule has 0 radical (unpaired) electrons. The number of halogens is 1. The quantitative estimate of drug-likeness (QED) is 0.539. The van der Waals surface area contributed by atoms with E-state index in [-0.39, 0.29) is 11.7 Å². The summed E-state index contributed by atoms with van der Waals surface area (Å²) in [6.07, 6.45) is 0. The Kier molecular flexibility index (Phi) is 3.54.